The minimum Gasteiger partial charge on any atom is 0 e. The Hall–Kier alpha value is 4.32. The Morgan fingerprint density at radius 2 is 1.14 bits per heavy atom. The van der Waals surface area contributed by atoms with Crippen LogP contribution >= 0.6 is 0 Å². The summed E-state index contributed by atoms with van der Waals surface area (Å²) >= 11 is 0.0556. The van der Waals surface area contributed by atoms with Gasteiger partial charge in [-0.05, 0) is 0 Å². The minimum atomic E-state index is 0. The number of rotatable bonds is 0. The summed E-state index contributed by atoms with van der Waals surface area (Å²) in [7, 11) is 0. The largest absolute Gasteiger partial charge is 0 e. The predicted octanol–water partition coefficient (Wildman–Crippen LogP) is -4.32. The first kappa shape index (κ1) is 42.6. The molecule has 0 aliphatic rings. The fourth-order valence-electron chi connectivity index (χ4n) is 0. The van der Waals surface area contributed by atoms with E-state index in [1.54, 1.807) is 0 Å². The molecule has 0 rings (SSSR count). The first-order valence-corrected chi connectivity index (χ1v) is 1.79. The monoisotopic (exact) mass is 670 g/mol. The van der Waals surface area contributed by atoms with Crippen LogP contribution in [0.1, 0.15) is 0 Å². The van der Waals surface area contributed by atoms with Crippen molar-refractivity contribution in [2.24, 2.45) is 0 Å². The van der Waals surface area contributed by atoms with Crippen molar-refractivity contribution in [3.8, 4) is 0 Å². The number of hydrogen-bond donors (Lipinski definition) is 0. The van der Waals surface area contributed by atoms with Crippen LogP contribution in [0.25, 0.3) is 0 Å². The van der Waals surface area contributed by atoms with Gasteiger partial charge in [0.25, 0.3) is 0 Å². The van der Waals surface area contributed by atoms with Gasteiger partial charge >= 0.3 is 91.7 Å². The van der Waals surface area contributed by atoms with Crippen molar-refractivity contribution in [1.29, 1.82) is 0 Å². The molecule has 0 aromatic rings. The van der Waals surface area contributed by atoms with Gasteiger partial charge in [-0.1, -0.05) is 0 Å². The van der Waals surface area contributed by atoms with Crippen LogP contribution < -0.4 is 0 Å². The van der Waals surface area contributed by atoms with E-state index in [-0.39, 0.29) is 136 Å². The van der Waals surface area contributed by atoms with Gasteiger partial charge in [0.1, 0.15) is 0 Å². The average Bonchev–Trinajstić information content (AvgIpc) is 1.00. The summed E-state index contributed by atoms with van der Waals surface area (Å²) in [4.78, 5) is 0. The molecule has 0 unspecified atom stereocenters. The summed E-state index contributed by atoms with van der Waals surface area (Å²) in [5.41, 5.74) is 0. The zero-order valence-corrected chi connectivity index (χ0v) is 13.2. The third kappa shape index (κ3) is 38.3. The van der Waals surface area contributed by atoms with Crippen molar-refractivity contribution in [3.63, 3.8) is 0 Å². The fraction of sp³-hybridized carbons (Fsp3) is 0. The third-order valence-corrected chi connectivity index (χ3v) is 0. The second-order valence-corrected chi connectivity index (χ2v) is 0. The standard InChI is InChI=1S/Cd.Ga.GeH4.In.O.Pb.Zn.6H/h;;1H4;;;;;;;;;;. The van der Waals surface area contributed by atoms with E-state index < -0.39 is 0 Å². The van der Waals surface area contributed by atoms with Crippen LogP contribution in [0, 0.1) is 0 Å². The van der Waals surface area contributed by atoms with Gasteiger partial charge in [-0.15, -0.1) is 0 Å². The van der Waals surface area contributed by atoms with E-state index in [0.29, 0.717) is 0 Å². The Morgan fingerprint density at radius 1 is 1.14 bits per heavy atom. The van der Waals surface area contributed by atoms with Crippen molar-refractivity contribution in [2.75, 3.05) is 0 Å². The molecule has 0 aliphatic heterocycles. The Balaban J connectivity index is -0.000000000500. The van der Waals surface area contributed by atoms with Gasteiger partial charge in [0, 0.05) is 46.8 Å². The molecule has 0 N–H and O–H groups in total. The SMILES string of the molecule is [Cd].[GaH3].[GeH4].[InH3].[O]=[Pb].[Zn]. The van der Waals surface area contributed by atoms with Gasteiger partial charge in [0.2, 0.25) is 0 Å². The Bertz CT molecular complexity index is 19.7. The van der Waals surface area contributed by atoms with Gasteiger partial charge < -0.3 is 0 Å². The molecule has 0 aromatic carbocycles. The topological polar surface area (TPSA) is 17.1 Å². The molecule has 0 fully saturated rings. The summed E-state index contributed by atoms with van der Waals surface area (Å²) in [5.74, 6) is 0. The van der Waals surface area contributed by atoms with Gasteiger partial charge in [0.15, 0.2) is 0 Å². The quantitative estimate of drug-likeness (QED) is 0.239. The minimum absolute atomic E-state index is 0. The molecule has 0 bridgehead atoms. The van der Waals surface area contributed by atoms with E-state index in [4.69, 9.17) is 2.69 Å². The van der Waals surface area contributed by atoms with E-state index in [1.165, 1.54) is 0 Å². The van der Waals surface area contributed by atoms with Crippen molar-refractivity contribution >= 4 is 89.0 Å². The maximum atomic E-state index is 8.39. The molecule has 7 heavy (non-hydrogen) atoms. The molecule has 2 radical (unpaired) electrons. The maximum Gasteiger partial charge on any atom is 0 e. The van der Waals surface area contributed by atoms with Crippen LogP contribution in [-0.4, -0.2) is 89.0 Å². The van der Waals surface area contributed by atoms with Gasteiger partial charge in [-0.3, -0.25) is 0 Å². The maximum absolute atomic E-state index is 8.39. The summed E-state index contributed by atoms with van der Waals surface area (Å²) in [6, 6.07) is 0. The Morgan fingerprint density at radius 3 is 1.14 bits per heavy atom. The zero-order valence-electron chi connectivity index (χ0n) is 2.32. The first-order chi connectivity index (χ1) is 1.00. The molecular formula is H10CdGaGeInOPbZn. The van der Waals surface area contributed by atoms with E-state index in [1.807, 2.05) is 0 Å². The molecule has 34 valence electrons. The van der Waals surface area contributed by atoms with Crippen LogP contribution in [0.2, 0.25) is 0 Å². The summed E-state index contributed by atoms with van der Waals surface area (Å²) < 4.78 is 8.39. The van der Waals surface area contributed by atoms with Gasteiger partial charge in [0.05, 0.1) is 0 Å². The number of hydrogen-bond acceptors (Lipinski definition) is 1. The summed E-state index contributed by atoms with van der Waals surface area (Å²) in [6.07, 6.45) is 0. The molecule has 0 amide bonds. The van der Waals surface area contributed by atoms with E-state index >= 15 is 0 Å². The average molecular weight is 668 g/mol. The molecule has 0 aliphatic carbocycles. The molecule has 0 spiro atoms. The smallest absolute Gasteiger partial charge is 0 e. The molecule has 0 atom stereocenters. The predicted molar refractivity (Wildman–Crippen MR) is 37.7 cm³/mol. The molecule has 0 aromatic heterocycles. The summed E-state index contributed by atoms with van der Waals surface area (Å²) in [6.45, 7) is 0. The third-order valence-electron chi connectivity index (χ3n) is 0. The van der Waals surface area contributed by atoms with E-state index in [2.05, 4.69) is 0 Å². The molecule has 0 heterocycles. The molecule has 0 saturated carbocycles. The second-order valence-electron chi connectivity index (χ2n) is 0. The molecule has 0 saturated heterocycles. The molecule has 1 nitrogen and oxygen atoms in total. The van der Waals surface area contributed by atoms with Gasteiger partial charge in [-0.2, -0.15) is 0 Å². The molecular weight excluding hydrogens is 658 g/mol. The van der Waals surface area contributed by atoms with Crippen LogP contribution in [0.3, 0.4) is 0 Å². The normalized spacial score (nSPS) is 0.571. The Kier molecular flexibility index (Phi) is 293. The fourth-order valence-corrected chi connectivity index (χ4v) is 0. The van der Waals surface area contributed by atoms with Gasteiger partial charge in [-0.25, -0.2) is 0 Å². The Labute approximate surface area is 135 Å². The van der Waals surface area contributed by atoms with Crippen LogP contribution in [0.5, 0.6) is 0 Å². The van der Waals surface area contributed by atoms with Crippen LogP contribution in [0.15, 0.2) is 0 Å². The van der Waals surface area contributed by atoms with Crippen molar-refractivity contribution < 1.29 is 49.5 Å². The van der Waals surface area contributed by atoms with Crippen molar-refractivity contribution in [2.45, 2.75) is 0 Å². The van der Waals surface area contributed by atoms with E-state index in [0.717, 1.165) is 0 Å². The van der Waals surface area contributed by atoms with Crippen LogP contribution in [-0.2, 0) is 49.5 Å². The van der Waals surface area contributed by atoms with Crippen molar-refractivity contribution in [1.82, 2.24) is 0 Å². The second kappa shape index (κ2) is 48.1. The summed E-state index contributed by atoms with van der Waals surface area (Å²) in [5, 5.41) is 0. The zero-order chi connectivity index (χ0) is 2.00. The van der Waals surface area contributed by atoms with Crippen LogP contribution in [0.4, 0.5) is 0 Å². The van der Waals surface area contributed by atoms with Crippen molar-refractivity contribution in [3.05, 3.63) is 0 Å². The van der Waals surface area contributed by atoms with E-state index in [9.17, 15) is 0 Å². The molecule has 7 heteroatoms. The first-order valence-electron chi connectivity index (χ1n) is 0.204.